The van der Waals surface area contributed by atoms with Crippen molar-refractivity contribution in [1.82, 2.24) is 15.6 Å². The maximum Gasteiger partial charge on any atom is 0.250 e. The quantitative estimate of drug-likeness (QED) is 0.283. The Balaban J connectivity index is 1.39. The van der Waals surface area contributed by atoms with Gasteiger partial charge in [-0.15, -0.1) is 10.2 Å². The van der Waals surface area contributed by atoms with Crippen LogP contribution in [0.1, 0.15) is 23.8 Å². The van der Waals surface area contributed by atoms with Crippen LogP contribution in [-0.4, -0.2) is 28.1 Å². The van der Waals surface area contributed by atoms with Gasteiger partial charge in [0.2, 0.25) is 0 Å². The Kier molecular flexibility index (Phi) is 8.09. The van der Waals surface area contributed by atoms with Gasteiger partial charge in [-0.3, -0.25) is 4.79 Å². The van der Waals surface area contributed by atoms with Crippen LogP contribution in [0.3, 0.4) is 0 Å². The Bertz CT molecular complexity index is 980. The molecule has 150 valence electrons. The molecule has 0 unspecified atom stereocenters. The summed E-state index contributed by atoms with van der Waals surface area (Å²) < 4.78 is 6.89. The number of carbonyl (C=O) groups is 1. The number of nitrogens with one attached hydrogen (secondary N) is 1. The van der Waals surface area contributed by atoms with Crippen LogP contribution in [0, 0.1) is 6.92 Å². The highest BCUT2D eigenvalue weighted by Gasteiger charge is 2.08. The lowest BCUT2D eigenvalue weighted by atomic mass is 10.2. The van der Waals surface area contributed by atoms with E-state index in [1.54, 1.807) is 24.2 Å². The topological polar surface area (TPSA) is 80.4 Å². The number of thioether (sulfide) groups is 2. The van der Waals surface area contributed by atoms with Gasteiger partial charge in [0, 0.05) is 5.75 Å². The van der Waals surface area contributed by atoms with Crippen molar-refractivity contribution < 1.29 is 9.21 Å². The molecule has 6 nitrogen and oxygen atoms in total. The van der Waals surface area contributed by atoms with Crippen LogP contribution in [-0.2, 0) is 10.5 Å². The molecule has 1 amide bonds. The third-order valence-corrected chi connectivity index (χ3v) is 6.83. The molecular formula is C20H20N4O2S3. The second-order valence-electron chi connectivity index (χ2n) is 6.09. The number of allylic oxidation sites excluding steroid dienone is 1. The number of nitrogens with zero attached hydrogens (tertiary/aromatic N) is 3. The minimum Gasteiger partial charge on any atom is -0.465 e. The van der Waals surface area contributed by atoms with E-state index in [2.05, 4.69) is 51.9 Å². The largest absolute Gasteiger partial charge is 0.465 e. The first-order chi connectivity index (χ1) is 14.1. The van der Waals surface area contributed by atoms with E-state index in [9.17, 15) is 4.79 Å². The fourth-order valence-corrected chi connectivity index (χ4v) is 4.91. The van der Waals surface area contributed by atoms with Crippen LogP contribution >= 0.6 is 34.9 Å². The molecule has 1 N–H and O–H groups in total. The van der Waals surface area contributed by atoms with Crippen molar-refractivity contribution in [2.24, 2.45) is 5.10 Å². The number of amides is 1. The SMILES string of the molecule is C/C(C=NNC(=O)CSc1nnc(SCc2ccc(C)cc2)s1)=C/c1ccco1. The number of rotatable bonds is 9. The molecule has 2 heterocycles. The standard InChI is InChI=1S/C20H20N4O2S3/c1-14-5-7-16(8-6-14)12-27-19-23-24-20(29-19)28-13-18(25)22-21-11-15(2)10-17-4-3-9-26-17/h3-11H,12-13H2,1-2H3,(H,22,25)/b15-10-,21-11?. The van der Waals surface area contributed by atoms with Gasteiger partial charge in [0.25, 0.3) is 5.91 Å². The van der Waals surface area contributed by atoms with Crippen LogP contribution in [0.25, 0.3) is 6.08 Å². The normalized spacial score (nSPS) is 11.9. The van der Waals surface area contributed by atoms with E-state index >= 15 is 0 Å². The summed E-state index contributed by atoms with van der Waals surface area (Å²) in [6.45, 7) is 3.95. The Labute approximate surface area is 181 Å². The molecule has 3 rings (SSSR count). The molecule has 0 fully saturated rings. The highest BCUT2D eigenvalue weighted by molar-refractivity contribution is 8.03. The Morgan fingerprint density at radius 1 is 1.21 bits per heavy atom. The van der Waals surface area contributed by atoms with Crippen molar-refractivity contribution in [3.8, 4) is 0 Å². The van der Waals surface area contributed by atoms with Gasteiger partial charge in [0.15, 0.2) is 8.68 Å². The Morgan fingerprint density at radius 2 is 1.97 bits per heavy atom. The van der Waals surface area contributed by atoms with E-state index in [-0.39, 0.29) is 11.7 Å². The van der Waals surface area contributed by atoms with Gasteiger partial charge in [-0.25, -0.2) is 5.43 Å². The first-order valence-corrected chi connectivity index (χ1v) is 11.6. The number of aryl methyl sites for hydroxylation is 1. The maximum atomic E-state index is 11.9. The van der Waals surface area contributed by atoms with Gasteiger partial charge in [0.05, 0.1) is 18.2 Å². The summed E-state index contributed by atoms with van der Waals surface area (Å²) in [5.74, 6) is 1.62. The zero-order valence-corrected chi connectivity index (χ0v) is 18.4. The minimum atomic E-state index is -0.193. The van der Waals surface area contributed by atoms with Gasteiger partial charge < -0.3 is 4.42 Å². The van der Waals surface area contributed by atoms with Crippen molar-refractivity contribution in [3.63, 3.8) is 0 Å². The van der Waals surface area contributed by atoms with Crippen LogP contribution in [0.5, 0.6) is 0 Å². The van der Waals surface area contributed by atoms with Crippen molar-refractivity contribution in [2.45, 2.75) is 28.3 Å². The monoisotopic (exact) mass is 444 g/mol. The molecule has 0 atom stereocenters. The molecule has 9 heteroatoms. The predicted molar refractivity (Wildman–Crippen MR) is 120 cm³/mol. The minimum absolute atomic E-state index is 0.193. The lowest BCUT2D eigenvalue weighted by molar-refractivity contribution is -0.118. The first-order valence-electron chi connectivity index (χ1n) is 8.77. The van der Waals surface area contributed by atoms with Crippen LogP contribution < -0.4 is 5.43 Å². The van der Waals surface area contributed by atoms with Crippen molar-refractivity contribution in [3.05, 3.63) is 65.1 Å². The van der Waals surface area contributed by atoms with E-state index in [1.165, 1.54) is 34.2 Å². The van der Waals surface area contributed by atoms with Gasteiger partial charge >= 0.3 is 0 Å². The molecule has 3 aromatic rings. The van der Waals surface area contributed by atoms with E-state index < -0.39 is 0 Å². The van der Waals surface area contributed by atoms with E-state index in [0.29, 0.717) is 0 Å². The highest BCUT2D eigenvalue weighted by Crippen LogP contribution is 2.30. The van der Waals surface area contributed by atoms with Crippen LogP contribution in [0.4, 0.5) is 0 Å². The number of hydrogen-bond acceptors (Lipinski definition) is 8. The third-order valence-electron chi connectivity index (χ3n) is 3.57. The van der Waals surface area contributed by atoms with Crippen LogP contribution in [0.2, 0.25) is 0 Å². The van der Waals surface area contributed by atoms with Gasteiger partial charge in [-0.05, 0) is 43.2 Å². The number of carbonyl (C=O) groups excluding carboxylic acids is 1. The van der Waals surface area contributed by atoms with E-state index in [0.717, 1.165) is 25.8 Å². The Hall–Kier alpha value is -2.36. The molecule has 1 aromatic carbocycles. The van der Waals surface area contributed by atoms with Crippen molar-refractivity contribution in [2.75, 3.05) is 5.75 Å². The second kappa shape index (κ2) is 11.0. The summed E-state index contributed by atoms with van der Waals surface area (Å²) in [6.07, 6.45) is 5.02. The molecule has 0 aliphatic carbocycles. The van der Waals surface area contributed by atoms with Gasteiger partial charge in [-0.2, -0.15) is 5.10 Å². The molecule has 0 bridgehead atoms. The number of hydrazone groups is 1. The smallest absolute Gasteiger partial charge is 0.250 e. The number of furan rings is 1. The molecule has 0 radical (unpaired) electrons. The molecule has 0 aliphatic heterocycles. The Morgan fingerprint density at radius 3 is 2.69 bits per heavy atom. The van der Waals surface area contributed by atoms with E-state index in [1.807, 2.05) is 25.1 Å². The molecular weight excluding hydrogens is 424 g/mol. The highest BCUT2D eigenvalue weighted by atomic mass is 32.2. The lowest BCUT2D eigenvalue weighted by Crippen LogP contribution is -2.19. The van der Waals surface area contributed by atoms with Gasteiger partial charge in [0.1, 0.15) is 5.76 Å². The fourth-order valence-electron chi connectivity index (χ4n) is 2.14. The van der Waals surface area contributed by atoms with Gasteiger partial charge in [-0.1, -0.05) is 64.7 Å². The molecule has 0 spiro atoms. The third kappa shape index (κ3) is 7.52. The first kappa shape index (κ1) is 21.4. The molecule has 29 heavy (non-hydrogen) atoms. The number of benzene rings is 1. The summed E-state index contributed by atoms with van der Waals surface area (Å²) in [5, 5.41) is 12.3. The van der Waals surface area contributed by atoms with Crippen LogP contribution in [0.15, 0.2) is 66.4 Å². The summed E-state index contributed by atoms with van der Waals surface area (Å²) in [5.41, 5.74) is 5.88. The summed E-state index contributed by atoms with van der Waals surface area (Å²) in [7, 11) is 0. The molecule has 0 saturated heterocycles. The lowest BCUT2D eigenvalue weighted by Gasteiger charge is -1.99. The number of hydrogen-bond donors (Lipinski definition) is 1. The molecule has 0 saturated carbocycles. The summed E-state index contributed by atoms with van der Waals surface area (Å²) in [4.78, 5) is 11.9. The predicted octanol–water partition coefficient (Wildman–Crippen LogP) is 5.03. The zero-order chi connectivity index (χ0) is 20.5. The second-order valence-corrected chi connectivity index (χ2v) is 9.52. The molecule has 2 aromatic heterocycles. The van der Waals surface area contributed by atoms with Crippen molar-refractivity contribution in [1.29, 1.82) is 0 Å². The average molecular weight is 445 g/mol. The van der Waals surface area contributed by atoms with E-state index in [4.69, 9.17) is 4.42 Å². The maximum absolute atomic E-state index is 11.9. The average Bonchev–Trinajstić information content (AvgIpc) is 3.38. The summed E-state index contributed by atoms with van der Waals surface area (Å²) in [6, 6.07) is 12.1. The zero-order valence-electron chi connectivity index (χ0n) is 16.0. The summed E-state index contributed by atoms with van der Waals surface area (Å²) >= 11 is 4.49. The number of aromatic nitrogens is 2. The van der Waals surface area contributed by atoms with Crippen molar-refractivity contribution >= 4 is 53.1 Å². The molecule has 0 aliphatic rings. The fraction of sp³-hybridized carbons (Fsp3) is 0.200.